The summed E-state index contributed by atoms with van der Waals surface area (Å²) in [5, 5.41) is 3.46. The molecule has 0 fully saturated rings. The minimum Gasteiger partial charge on any atom is -0.330 e. The summed E-state index contributed by atoms with van der Waals surface area (Å²) < 4.78 is 0. The fourth-order valence-electron chi connectivity index (χ4n) is 1.84. The van der Waals surface area contributed by atoms with Crippen molar-refractivity contribution in [3.05, 3.63) is 47.3 Å². The zero-order valence-electron chi connectivity index (χ0n) is 10.6. The van der Waals surface area contributed by atoms with Crippen LogP contribution in [0.25, 0.3) is 10.4 Å². The molecule has 96 valence electrons. The molecule has 2 aromatic rings. The van der Waals surface area contributed by atoms with E-state index in [0.717, 1.165) is 32.5 Å². The Balaban J connectivity index is 1.83. The highest BCUT2D eigenvalue weighted by Gasteiger charge is 2.01. The second-order valence-electron chi connectivity index (χ2n) is 4.30. The molecule has 1 aromatic heterocycles. The number of unbranched alkanes of at least 4 members (excludes halogenated alkanes) is 1. The van der Waals surface area contributed by atoms with E-state index in [4.69, 9.17) is 5.73 Å². The van der Waals surface area contributed by atoms with E-state index in [9.17, 15) is 0 Å². The Hall–Kier alpha value is -1.16. The molecule has 0 saturated heterocycles. The standard InChI is InChI=1S/C15H20N2S/c16-10-4-5-11-17-12-14-8-9-15(18-14)13-6-2-1-3-7-13/h1-3,6-9,17H,4-5,10-12,16H2. The van der Waals surface area contributed by atoms with Crippen molar-refractivity contribution in [3.8, 4) is 10.4 Å². The molecule has 18 heavy (non-hydrogen) atoms. The highest BCUT2D eigenvalue weighted by Crippen LogP contribution is 2.27. The third kappa shape index (κ3) is 3.95. The van der Waals surface area contributed by atoms with Crippen LogP contribution in [0.15, 0.2) is 42.5 Å². The van der Waals surface area contributed by atoms with E-state index in [-0.39, 0.29) is 0 Å². The largest absolute Gasteiger partial charge is 0.330 e. The molecule has 0 bridgehead atoms. The summed E-state index contributed by atoms with van der Waals surface area (Å²) in [6.07, 6.45) is 2.26. The first-order valence-corrected chi connectivity index (χ1v) is 7.27. The van der Waals surface area contributed by atoms with Crippen molar-refractivity contribution >= 4 is 11.3 Å². The highest BCUT2D eigenvalue weighted by molar-refractivity contribution is 7.15. The van der Waals surface area contributed by atoms with E-state index in [2.05, 4.69) is 47.8 Å². The lowest BCUT2D eigenvalue weighted by molar-refractivity contribution is 0.631. The van der Waals surface area contributed by atoms with Crippen LogP contribution in [0.3, 0.4) is 0 Å². The molecule has 0 saturated carbocycles. The molecule has 2 nitrogen and oxygen atoms in total. The Morgan fingerprint density at radius 2 is 1.83 bits per heavy atom. The quantitative estimate of drug-likeness (QED) is 0.750. The van der Waals surface area contributed by atoms with Gasteiger partial charge in [-0.05, 0) is 43.6 Å². The third-order valence-corrected chi connectivity index (χ3v) is 3.96. The van der Waals surface area contributed by atoms with Crippen LogP contribution in [0.5, 0.6) is 0 Å². The van der Waals surface area contributed by atoms with Gasteiger partial charge in [-0.25, -0.2) is 0 Å². The Bertz CT molecular complexity index is 451. The molecule has 0 aliphatic rings. The van der Waals surface area contributed by atoms with Gasteiger partial charge in [0.25, 0.3) is 0 Å². The van der Waals surface area contributed by atoms with E-state index in [0.29, 0.717) is 0 Å². The lowest BCUT2D eigenvalue weighted by Gasteiger charge is -2.01. The topological polar surface area (TPSA) is 38.0 Å². The molecule has 0 amide bonds. The fourth-order valence-corrected chi connectivity index (χ4v) is 2.82. The lowest BCUT2D eigenvalue weighted by Crippen LogP contribution is -2.15. The molecule has 0 aliphatic carbocycles. The maximum atomic E-state index is 5.46. The van der Waals surface area contributed by atoms with Crippen LogP contribution >= 0.6 is 11.3 Å². The van der Waals surface area contributed by atoms with Crippen LogP contribution in [0, 0.1) is 0 Å². The molecular formula is C15H20N2S. The predicted octanol–water partition coefficient (Wildman–Crippen LogP) is 3.24. The van der Waals surface area contributed by atoms with Crippen LogP contribution in [0.2, 0.25) is 0 Å². The lowest BCUT2D eigenvalue weighted by atomic mass is 10.2. The SMILES string of the molecule is NCCCCNCc1ccc(-c2ccccc2)s1. The van der Waals surface area contributed by atoms with Gasteiger partial charge in [0, 0.05) is 16.3 Å². The number of rotatable bonds is 7. The van der Waals surface area contributed by atoms with Gasteiger partial charge in [0.15, 0.2) is 0 Å². The van der Waals surface area contributed by atoms with E-state index in [1.54, 1.807) is 0 Å². The minimum absolute atomic E-state index is 0.791. The summed E-state index contributed by atoms with van der Waals surface area (Å²) in [6, 6.07) is 14.9. The van der Waals surface area contributed by atoms with Crippen molar-refractivity contribution in [1.29, 1.82) is 0 Å². The average molecular weight is 260 g/mol. The first kappa shape index (κ1) is 13.3. The van der Waals surface area contributed by atoms with Gasteiger partial charge in [-0.3, -0.25) is 0 Å². The molecule has 0 spiro atoms. The van der Waals surface area contributed by atoms with Crippen LogP contribution in [0.4, 0.5) is 0 Å². The Morgan fingerprint density at radius 1 is 1.00 bits per heavy atom. The normalized spacial score (nSPS) is 10.7. The summed E-state index contributed by atoms with van der Waals surface area (Å²) in [7, 11) is 0. The van der Waals surface area contributed by atoms with Crippen LogP contribution in [-0.4, -0.2) is 13.1 Å². The van der Waals surface area contributed by atoms with Gasteiger partial charge in [-0.1, -0.05) is 30.3 Å². The smallest absolute Gasteiger partial charge is 0.0346 e. The Kier molecular flexibility index (Phi) is 5.39. The maximum absolute atomic E-state index is 5.46. The average Bonchev–Trinajstić information content (AvgIpc) is 2.88. The first-order valence-electron chi connectivity index (χ1n) is 6.45. The number of nitrogens with two attached hydrogens (primary N) is 1. The summed E-state index contributed by atoms with van der Waals surface area (Å²) in [5.74, 6) is 0. The van der Waals surface area contributed by atoms with Crippen molar-refractivity contribution in [2.24, 2.45) is 5.73 Å². The van der Waals surface area contributed by atoms with Crippen LogP contribution in [0.1, 0.15) is 17.7 Å². The molecule has 0 aliphatic heterocycles. The predicted molar refractivity (Wildman–Crippen MR) is 79.8 cm³/mol. The molecule has 0 radical (unpaired) electrons. The molecular weight excluding hydrogens is 240 g/mol. The molecule has 2 rings (SSSR count). The van der Waals surface area contributed by atoms with Crippen molar-refractivity contribution in [3.63, 3.8) is 0 Å². The van der Waals surface area contributed by atoms with E-state index >= 15 is 0 Å². The molecule has 0 unspecified atom stereocenters. The van der Waals surface area contributed by atoms with Crippen molar-refractivity contribution in [1.82, 2.24) is 5.32 Å². The van der Waals surface area contributed by atoms with Gasteiger partial charge >= 0.3 is 0 Å². The molecule has 3 N–H and O–H groups in total. The summed E-state index contributed by atoms with van der Waals surface area (Å²) >= 11 is 1.86. The summed E-state index contributed by atoms with van der Waals surface area (Å²) in [5.41, 5.74) is 6.77. The molecule has 3 heteroatoms. The Labute approximate surface area is 113 Å². The zero-order valence-corrected chi connectivity index (χ0v) is 11.4. The molecule has 1 heterocycles. The third-order valence-electron chi connectivity index (χ3n) is 2.83. The second-order valence-corrected chi connectivity index (χ2v) is 5.47. The number of benzene rings is 1. The van der Waals surface area contributed by atoms with Crippen molar-refractivity contribution in [2.75, 3.05) is 13.1 Å². The molecule has 1 aromatic carbocycles. The Morgan fingerprint density at radius 3 is 2.61 bits per heavy atom. The van der Waals surface area contributed by atoms with Gasteiger partial charge < -0.3 is 11.1 Å². The number of nitrogens with one attached hydrogen (secondary N) is 1. The van der Waals surface area contributed by atoms with Gasteiger partial charge in [0.05, 0.1) is 0 Å². The van der Waals surface area contributed by atoms with Gasteiger partial charge in [0.1, 0.15) is 0 Å². The minimum atomic E-state index is 0.791. The summed E-state index contributed by atoms with van der Waals surface area (Å²) in [6.45, 7) is 2.80. The second kappa shape index (κ2) is 7.31. The van der Waals surface area contributed by atoms with E-state index in [1.165, 1.54) is 15.3 Å². The monoisotopic (exact) mass is 260 g/mol. The van der Waals surface area contributed by atoms with Crippen molar-refractivity contribution in [2.45, 2.75) is 19.4 Å². The first-order chi connectivity index (χ1) is 8.90. The number of hydrogen-bond acceptors (Lipinski definition) is 3. The number of thiophene rings is 1. The van der Waals surface area contributed by atoms with Gasteiger partial charge in [-0.2, -0.15) is 0 Å². The maximum Gasteiger partial charge on any atom is 0.0346 e. The van der Waals surface area contributed by atoms with Gasteiger partial charge in [0.2, 0.25) is 0 Å². The number of hydrogen-bond donors (Lipinski definition) is 2. The summed E-state index contributed by atoms with van der Waals surface area (Å²) in [4.78, 5) is 2.73. The fraction of sp³-hybridized carbons (Fsp3) is 0.333. The van der Waals surface area contributed by atoms with Gasteiger partial charge in [-0.15, -0.1) is 11.3 Å². The van der Waals surface area contributed by atoms with E-state index in [1.807, 2.05) is 11.3 Å². The zero-order chi connectivity index (χ0) is 12.6. The van der Waals surface area contributed by atoms with E-state index < -0.39 is 0 Å². The van der Waals surface area contributed by atoms with Crippen LogP contribution in [-0.2, 0) is 6.54 Å². The highest BCUT2D eigenvalue weighted by atomic mass is 32.1. The molecule has 0 atom stereocenters. The van der Waals surface area contributed by atoms with Crippen LogP contribution < -0.4 is 11.1 Å². The van der Waals surface area contributed by atoms with Crippen molar-refractivity contribution < 1.29 is 0 Å².